The number of nitrogens with zero attached hydrogens (tertiary/aromatic N) is 1. The van der Waals surface area contributed by atoms with E-state index in [9.17, 15) is 19.1 Å². The normalized spacial score (nSPS) is 12.7. The molecule has 0 spiro atoms. The van der Waals surface area contributed by atoms with E-state index in [1.807, 2.05) is 18.2 Å². The van der Waals surface area contributed by atoms with E-state index in [0.29, 0.717) is 27.5 Å². The number of hydrogen-bond acceptors (Lipinski definition) is 3. The van der Waals surface area contributed by atoms with E-state index in [1.54, 1.807) is 22.8 Å². The third kappa shape index (κ3) is 1.98. The molecule has 0 unspecified atom stereocenters. The zero-order chi connectivity index (χ0) is 16.1. The summed E-state index contributed by atoms with van der Waals surface area (Å²) in [7, 11) is 0. The number of fused-ring (bicyclic) bond motifs is 3. The number of aromatic carboxylic acids is 1. The van der Waals surface area contributed by atoms with Crippen LogP contribution in [0.3, 0.4) is 0 Å². The van der Waals surface area contributed by atoms with Crippen LogP contribution in [0.4, 0.5) is 4.39 Å². The molecule has 6 heteroatoms. The molecule has 2 aromatic carbocycles. The molecule has 0 fully saturated rings. The Balaban J connectivity index is 2.09. The van der Waals surface area contributed by atoms with Gasteiger partial charge in [-0.2, -0.15) is 0 Å². The fourth-order valence-corrected chi connectivity index (χ4v) is 3.76. The number of carboxylic acids is 1. The van der Waals surface area contributed by atoms with Gasteiger partial charge in [-0.25, -0.2) is 9.18 Å². The molecule has 2 heterocycles. The molecule has 1 aliphatic rings. The third-order valence-corrected chi connectivity index (χ3v) is 5.02. The van der Waals surface area contributed by atoms with E-state index in [4.69, 9.17) is 0 Å². The summed E-state index contributed by atoms with van der Waals surface area (Å²) in [6, 6.07) is 11.8. The van der Waals surface area contributed by atoms with Crippen molar-refractivity contribution >= 4 is 28.6 Å². The monoisotopic (exact) mass is 327 g/mol. The zero-order valence-corrected chi connectivity index (χ0v) is 12.6. The lowest BCUT2D eigenvalue weighted by atomic mass is 10.0. The van der Waals surface area contributed by atoms with Crippen molar-refractivity contribution in [1.29, 1.82) is 0 Å². The highest BCUT2D eigenvalue weighted by atomic mass is 32.2. The van der Waals surface area contributed by atoms with Gasteiger partial charge in [0.1, 0.15) is 11.4 Å². The first-order chi connectivity index (χ1) is 11.1. The van der Waals surface area contributed by atoms with Crippen molar-refractivity contribution in [2.24, 2.45) is 0 Å². The van der Waals surface area contributed by atoms with Crippen LogP contribution in [0.25, 0.3) is 22.0 Å². The summed E-state index contributed by atoms with van der Waals surface area (Å²) in [5, 5.41) is 9.78. The standard InChI is InChI=1S/C17H10FNO3S/c18-12-6-11-13(7-10(12)9-4-2-1-3-5-9)19-8-23-16(19)14(15(11)20)17(21)22/h1-7H,8H2,(H,21,22). The van der Waals surface area contributed by atoms with Crippen LogP contribution < -0.4 is 5.43 Å². The van der Waals surface area contributed by atoms with Gasteiger partial charge in [0.05, 0.1) is 16.4 Å². The van der Waals surface area contributed by atoms with Gasteiger partial charge in [-0.15, -0.1) is 0 Å². The summed E-state index contributed by atoms with van der Waals surface area (Å²) in [6.07, 6.45) is 0. The predicted octanol–water partition coefficient (Wildman–Crippen LogP) is 3.57. The molecule has 0 amide bonds. The van der Waals surface area contributed by atoms with E-state index in [1.165, 1.54) is 11.8 Å². The molecular formula is C17H10FNO3S. The molecule has 0 saturated heterocycles. The van der Waals surface area contributed by atoms with E-state index in [-0.39, 0.29) is 10.9 Å². The molecule has 0 saturated carbocycles. The van der Waals surface area contributed by atoms with Gasteiger partial charge in [0, 0.05) is 10.9 Å². The van der Waals surface area contributed by atoms with E-state index < -0.39 is 17.2 Å². The Kier molecular flexibility index (Phi) is 3.02. The third-order valence-electron chi connectivity index (χ3n) is 3.94. The van der Waals surface area contributed by atoms with Crippen LogP contribution in [-0.2, 0) is 5.88 Å². The van der Waals surface area contributed by atoms with Gasteiger partial charge < -0.3 is 9.67 Å². The molecule has 0 atom stereocenters. The van der Waals surface area contributed by atoms with Crippen LogP contribution in [0.2, 0.25) is 0 Å². The molecule has 1 N–H and O–H groups in total. The van der Waals surface area contributed by atoms with Crippen LogP contribution in [0, 0.1) is 5.82 Å². The van der Waals surface area contributed by atoms with Gasteiger partial charge in [-0.1, -0.05) is 42.1 Å². The van der Waals surface area contributed by atoms with Crippen molar-refractivity contribution in [3.8, 4) is 11.1 Å². The van der Waals surface area contributed by atoms with Crippen LogP contribution in [0.15, 0.2) is 52.3 Å². The van der Waals surface area contributed by atoms with Gasteiger partial charge in [-0.3, -0.25) is 4.79 Å². The maximum Gasteiger partial charge on any atom is 0.342 e. The molecule has 4 nitrogen and oxygen atoms in total. The maximum absolute atomic E-state index is 14.5. The summed E-state index contributed by atoms with van der Waals surface area (Å²) in [5.74, 6) is -1.27. The molecule has 114 valence electrons. The molecule has 0 aliphatic carbocycles. The Bertz CT molecular complexity index is 1030. The van der Waals surface area contributed by atoms with Gasteiger partial charge >= 0.3 is 5.97 Å². The number of pyridine rings is 1. The summed E-state index contributed by atoms with van der Waals surface area (Å²) in [4.78, 5) is 23.7. The molecule has 1 aliphatic heterocycles. The number of carboxylic acid groups (broad SMARTS) is 1. The molecule has 23 heavy (non-hydrogen) atoms. The predicted molar refractivity (Wildman–Crippen MR) is 86.4 cm³/mol. The summed E-state index contributed by atoms with van der Waals surface area (Å²) in [5.41, 5.74) is 0.759. The smallest absolute Gasteiger partial charge is 0.342 e. The van der Waals surface area contributed by atoms with Crippen LogP contribution in [0.5, 0.6) is 0 Å². The Morgan fingerprint density at radius 2 is 1.96 bits per heavy atom. The largest absolute Gasteiger partial charge is 0.477 e. The van der Waals surface area contributed by atoms with Crippen LogP contribution >= 0.6 is 11.8 Å². The fraction of sp³-hybridized carbons (Fsp3) is 0.0588. The summed E-state index contributed by atoms with van der Waals surface area (Å²) >= 11 is 1.31. The fourth-order valence-electron chi connectivity index (χ4n) is 2.81. The molecule has 0 bridgehead atoms. The Morgan fingerprint density at radius 1 is 1.22 bits per heavy atom. The second-order valence-electron chi connectivity index (χ2n) is 5.23. The SMILES string of the molecule is O=C(O)c1c2n(c3cc(-c4ccccc4)c(F)cc3c1=O)CS2. The molecule has 0 radical (unpaired) electrons. The number of thioether (sulfide) groups is 1. The second kappa shape index (κ2) is 4.96. The van der Waals surface area contributed by atoms with E-state index in [2.05, 4.69) is 0 Å². The van der Waals surface area contributed by atoms with E-state index >= 15 is 0 Å². The minimum atomic E-state index is -1.28. The van der Waals surface area contributed by atoms with Gasteiger partial charge in [0.2, 0.25) is 5.43 Å². The Labute approximate surface area is 134 Å². The van der Waals surface area contributed by atoms with Gasteiger partial charge in [0.15, 0.2) is 0 Å². The highest BCUT2D eigenvalue weighted by Gasteiger charge is 2.28. The van der Waals surface area contributed by atoms with Gasteiger partial charge in [-0.05, 0) is 17.7 Å². The summed E-state index contributed by atoms with van der Waals surface area (Å²) in [6.45, 7) is 0. The zero-order valence-electron chi connectivity index (χ0n) is 11.7. The van der Waals surface area contributed by atoms with Crippen molar-refractivity contribution in [3.05, 3.63) is 64.1 Å². The number of benzene rings is 2. The van der Waals surface area contributed by atoms with Crippen LogP contribution in [-0.4, -0.2) is 15.6 Å². The maximum atomic E-state index is 14.5. The number of rotatable bonds is 2. The molecule has 1 aromatic heterocycles. The number of aromatic nitrogens is 1. The van der Waals surface area contributed by atoms with Crippen molar-refractivity contribution in [3.63, 3.8) is 0 Å². The molecular weight excluding hydrogens is 317 g/mol. The molecule has 4 rings (SSSR count). The lowest BCUT2D eigenvalue weighted by molar-refractivity contribution is 0.0689. The van der Waals surface area contributed by atoms with E-state index in [0.717, 1.165) is 6.07 Å². The minimum Gasteiger partial charge on any atom is -0.477 e. The second-order valence-corrected chi connectivity index (χ2v) is 6.16. The Hall–Kier alpha value is -2.60. The number of hydrogen-bond donors (Lipinski definition) is 1. The topological polar surface area (TPSA) is 59.3 Å². The van der Waals surface area contributed by atoms with Crippen molar-refractivity contribution in [2.75, 3.05) is 0 Å². The van der Waals surface area contributed by atoms with Gasteiger partial charge in [0.25, 0.3) is 0 Å². The molecule has 3 aromatic rings. The highest BCUT2D eigenvalue weighted by molar-refractivity contribution is 7.99. The first-order valence-electron chi connectivity index (χ1n) is 6.89. The van der Waals surface area contributed by atoms with Crippen molar-refractivity contribution < 1.29 is 14.3 Å². The first-order valence-corrected chi connectivity index (χ1v) is 7.88. The number of carbonyl (C=O) groups is 1. The minimum absolute atomic E-state index is 0.101. The number of halogens is 1. The quantitative estimate of drug-likeness (QED) is 0.782. The van der Waals surface area contributed by atoms with Crippen LogP contribution in [0.1, 0.15) is 10.4 Å². The summed E-state index contributed by atoms with van der Waals surface area (Å²) < 4.78 is 16.2. The average Bonchev–Trinajstić information content (AvgIpc) is 2.51. The Morgan fingerprint density at radius 3 is 2.57 bits per heavy atom. The first kappa shape index (κ1) is 14.0. The van der Waals surface area contributed by atoms with Crippen molar-refractivity contribution in [1.82, 2.24) is 4.57 Å². The van der Waals surface area contributed by atoms with Crippen molar-refractivity contribution in [2.45, 2.75) is 10.9 Å². The lowest BCUT2D eigenvalue weighted by Gasteiger charge is -2.26. The highest BCUT2D eigenvalue weighted by Crippen LogP contribution is 2.38. The lowest BCUT2D eigenvalue weighted by Crippen LogP contribution is -2.26. The average molecular weight is 327 g/mol.